The molecule has 3 rings (SSSR count). The second-order valence-electron chi connectivity index (χ2n) is 9.56. The van der Waals surface area contributed by atoms with Crippen molar-refractivity contribution in [2.24, 2.45) is 0 Å². The van der Waals surface area contributed by atoms with Crippen molar-refractivity contribution in [3.8, 4) is 5.75 Å². The fraction of sp³-hybridized carbons (Fsp3) is 0.481. The summed E-state index contributed by atoms with van der Waals surface area (Å²) in [5, 5.41) is 3.07. The predicted octanol–water partition coefficient (Wildman–Crippen LogP) is 3.31. The van der Waals surface area contributed by atoms with Gasteiger partial charge in [-0.1, -0.05) is 31.9 Å². The highest BCUT2D eigenvalue weighted by molar-refractivity contribution is 7.90. The third-order valence-corrected chi connectivity index (χ3v) is 8.53. The standard InChI is InChI=1S/C27H37FN4O5S/c1-5-25(27(34)29-22-10-6-7-11-22)31(18-20-9-8-12-24(17-20)37-4)26(33)19-32(38(35,36)30(2)3)23-15-13-21(28)14-16-23/h8-9,12-17,22,25H,5-7,10-11,18-19H2,1-4H3,(H,29,34). The third kappa shape index (κ3) is 7.22. The Balaban J connectivity index is 1.97. The molecule has 1 fully saturated rings. The van der Waals surface area contributed by atoms with Gasteiger partial charge in [0.1, 0.15) is 24.2 Å². The van der Waals surface area contributed by atoms with E-state index in [4.69, 9.17) is 4.74 Å². The van der Waals surface area contributed by atoms with Crippen LogP contribution in [0, 0.1) is 5.82 Å². The van der Waals surface area contributed by atoms with Crippen molar-refractivity contribution in [3.05, 3.63) is 59.9 Å². The van der Waals surface area contributed by atoms with Crippen LogP contribution >= 0.6 is 0 Å². The largest absolute Gasteiger partial charge is 0.497 e. The van der Waals surface area contributed by atoms with E-state index in [1.165, 1.54) is 31.1 Å². The summed E-state index contributed by atoms with van der Waals surface area (Å²) >= 11 is 0. The van der Waals surface area contributed by atoms with Crippen LogP contribution in [-0.2, 0) is 26.3 Å². The lowest BCUT2D eigenvalue weighted by Crippen LogP contribution is -2.54. The molecule has 0 bridgehead atoms. The summed E-state index contributed by atoms with van der Waals surface area (Å²) in [6, 6.07) is 11.3. The number of nitrogens with one attached hydrogen (secondary N) is 1. The van der Waals surface area contributed by atoms with Crippen molar-refractivity contribution in [3.63, 3.8) is 0 Å². The highest BCUT2D eigenvalue weighted by Gasteiger charge is 2.34. The van der Waals surface area contributed by atoms with Crippen molar-refractivity contribution in [1.82, 2.24) is 14.5 Å². The van der Waals surface area contributed by atoms with Crippen LogP contribution in [-0.4, -0.2) is 69.3 Å². The van der Waals surface area contributed by atoms with E-state index < -0.39 is 34.5 Å². The van der Waals surface area contributed by atoms with Crippen LogP contribution in [0.25, 0.3) is 0 Å². The number of hydrogen-bond acceptors (Lipinski definition) is 5. The van der Waals surface area contributed by atoms with E-state index in [0.717, 1.165) is 52.0 Å². The highest BCUT2D eigenvalue weighted by atomic mass is 32.2. The van der Waals surface area contributed by atoms with Crippen LogP contribution in [0.5, 0.6) is 5.75 Å². The van der Waals surface area contributed by atoms with Crippen LogP contribution in [0.3, 0.4) is 0 Å². The number of anilines is 1. The molecular formula is C27H37FN4O5S. The maximum absolute atomic E-state index is 13.9. The first kappa shape index (κ1) is 29.4. The number of hydrogen-bond donors (Lipinski definition) is 1. The lowest BCUT2D eigenvalue weighted by molar-refractivity contribution is -0.140. The summed E-state index contributed by atoms with van der Waals surface area (Å²) in [6.45, 7) is 1.33. The van der Waals surface area contributed by atoms with Gasteiger partial charge < -0.3 is 15.0 Å². The molecular weight excluding hydrogens is 511 g/mol. The van der Waals surface area contributed by atoms with Crippen LogP contribution in [0.4, 0.5) is 10.1 Å². The van der Waals surface area contributed by atoms with Gasteiger partial charge in [0.05, 0.1) is 12.8 Å². The first-order valence-corrected chi connectivity index (χ1v) is 14.1. The molecule has 0 aliphatic heterocycles. The van der Waals surface area contributed by atoms with Gasteiger partial charge in [-0.2, -0.15) is 12.7 Å². The number of methoxy groups -OCH3 is 1. The molecule has 2 aromatic carbocycles. The fourth-order valence-electron chi connectivity index (χ4n) is 4.58. The van der Waals surface area contributed by atoms with Gasteiger partial charge in [0.2, 0.25) is 11.8 Å². The van der Waals surface area contributed by atoms with Crippen LogP contribution in [0.1, 0.15) is 44.6 Å². The van der Waals surface area contributed by atoms with Crippen molar-refractivity contribution in [1.29, 1.82) is 0 Å². The quantitative estimate of drug-likeness (QED) is 0.439. The van der Waals surface area contributed by atoms with Crippen LogP contribution in [0.2, 0.25) is 0 Å². The van der Waals surface area contributed by atoms with Gasteiger partial charge in [-0.3, -0.25) is 9.59 Å². The minimum Gasteiger partial charge on any atom is -0.497 e. The van der Waals surface area contributed by atoms with Crippen molar-refractivity contribution < 1.29 is 27.1 Å². The Morgan fingerprint density at radius 1 is 1.11 bits per heavy atom. The molecule has 1 unspecified atom stereocenters. The minimum atomic E-state index is -4.11. The molecule has 0 saturated heterocycles. The number of halogens is 1. The van der Waals surface area contributed by atoms with Gasteiger partial charge in [-0.25, -0.2) is 8.70 Å². The van der Waals surface area contributed by atoms with Crippen molar-refractivity contribution in [2.45, 2.75) is 57.7 Å². The van der Waals surface area contributed by atoms with Crippen LogP contribution in [0.15, 0.2) is 48.5 Å². The zero-order valence-electron chi connectivity index (χ0n) is 22.4. The lowest BCUT2D eigenvalue weighted by Gasteiger charge is -2.34. The Morgan fingerprint density at radius 3 is 2.34 bits per heavy atom. The molecule has 208 valence electrons. The molecule has 0 heterocycles. The average molecular weight is 549 g/mol. The summed E-state index contributed by atoms with van der Waals surface area (Å²) in [5.74, 6) is -0.756. The lowest BCUT2D eigenvalue weighted by atomic mass is 10.1. The maximum Gasteiger partial charge on any atom is 0.304 e. The number of amides is 2. The van der Waals surface area contributed by atoms with Gasteiger partial charge in [0.25, 0.3) is 0 Å². The van der Waals surface area contributed by atoms with Gasteiger partial charge >= 0.3 is 10.2 Å². The Bertz CT molecular complexity index is 1200. The minimum absolute atomic E-state index is 0.0650. The molecule has 1 atom stereocenters. The zero-order chi connectivity index (χ0) is 27.9. The number of benzene rings is 2. The van der Waals surface area contributed by atoms with Crippen LogP contribution < -0.4 is 14.4 Å². The van der Waals surface area contributed by atoms with Crippen molar-refractivity contribution >= 4 is 27.7 Å². The Labute approximate surface area is 224 Å². The number of carbonyl (C=O) groups excluding carboxylic acids is 2. The summed E-state index contributed by atoms with van der Waals surface area (Å²) in [6.07, 6.45) is 4.22. The molecule has 38 heavy (non-hydrogen) atoms. The topological polar surface area (TPSA) is 99.3 Å². The molecule has 2 amide bonds. The third-order valence-electron chi connectivity index (χ3n) is 6.71. The van der Waals surface area contributed by atoms with E-state index in [2.05, 4.69) is 5.32 Å². The van der Waals surface area contributed by atoms with Gasteiger partial charge in [0, 0.05) is 26.7 Å². The van der Waals surface area contributed by atoms with E-state index in [9.17, 15) is 22.4 Å². The Kier molecular flexibility index (Phi) is 10.1. The van der Waals surface area contributed by atoms with E-state index in [0.29, 0.717) is 12.2 Å². The average Bonchev–Trinajstić information content (AvgIpc) is 3.40. The SMILES string of the molecule is CCC(C(=O)NC1CCCC1)N(Cc1cccc(OC)c1)C(=O)CN(c1ccc(F)cc1)S(=O)(=O)N(C)C. The first-order chi connectivity index (χ1) is 18.1. The maximum atomic E-state index is 13.9. The first-order valence-electron chi connectivity index (χ1n) is 12.7. The highest BCUT2D eigenvalue weighted by Crippen LogP contribution is 2.23. The summed E-state index contributed by atoms with van der Waals surface area (Å²) < 4.78 is 47.2. The molecule has 0 aromatic heterocycles. The van der Waals surface area contributed by atoms with Gasteiger partial charge in [-0.15, -0.1) is 0 Å². The molecule has 0 spiro atoms. The zero-order valence-corrected chi connectivity index (χ0v) is 23.2. The molecule has 1 N–H and O–H groups in total. The number of ether oxygens (including phenoxy) is 1. The fourth-order valence-corrected chi connectivity index (χ4v) is 5.63. The molecule has 1 aliphatic carbocycles. The van der Waals surface area contributed by atoms with Gasteiger partial charge in [-0.05, 0) is 61.2 Å². The summed E-state index contributed by atoms with van der Waals surface area (Å²) in [5.41, 5.74) is 0.867. The molecule has 9 nitrogen and oxygen atoms in total. The second kappa shape index (κ2) is 13.1. The predicted molar refractivity (Wildman–Crippen MR) is 144 cm³/mol. The van der Waals surface area contributed by atoms with Gasteiger partial charge in [0.15, 0.2) is 0 Å². The number of rotatable bonds is 12. The normalized spacial score (nSPS) is 14.8. The smallest absolute Gasteiger partial charge is 0.304 e. The van der Waals surface area contributed by atoms with Crippen molar-refractivity contribution in [2.75, 3.05) is 32.1 Å². The van der Waals surface area contributed by atoms with E-state index >= 15 is 0 Å². The summed E-state index contributed by atoms with van der Waals surface area (Å²) in [7, 11) is 0.139. The molecule has 0 radical (unpaired) electrons. The Hall–Kier alpha value is -3.18. The summed E-state index contributed by atoms with van der Waals surface area (Å²) in [4.78, 5) is 28.7. The van der Waals surface area contributed by atoms with E-state index in [1.54, 1.807) is 25.3 Å². The number of nitrogens with zero attached hydrogens (tertiary/aromatic N) is 3. The molecule has 11 heteroatoms. The van der Waals surface area contributed by atoms with E-state index in [1.807, 2.05) is 13.0 Å². The molecule has 1 saturated carbocycles. The monoisotopic (exact) mass is 548 g/mol. The molecule has 1 aliphatic rings. The Morgan fingerprint density at radius 2 is 1.76 bits per heavy atom. The number of carbonyl (C=O) groups is 2. The second-order valence-corrected chi connectivity index (χ2v) is 11.6. The van der Waals surface area contributed by atoms with E-state index in [-0.39, 0.29) is 24.2 Å². The molecule has 2 aromatic rings.